The van der Waals surface area contributed by atoms with E-state index < -0.39 is 0 Å². The first-order valence-electron chi connectivity index (χ1n) is 4.80. The predicted octanol–water partition coefficient (Wildman–Crippen LogP) is 3.78. The van der Waals surface area contributed by atoms with Crippen LogP contribution in [0.5, 0.6) is 0 Å². The molecule has 0 fully saturated rings. The zero-order valence-electron chi connectivity index (χ0n) is 8.01. The van der Waals surface area contributed by atoms with Crippen LogP contribution in [-0.4, -0.2) is 0 Å². The monoisotopic (exact) mass is 161 g/mol. The van der Waals surface area contributed by atoms with E-state index in [1.807, 2.05) is 6.07 Å². The molecule has 1 unspecified atom stereocenters. The fourth-order valence-electron chi connectivity index (χ4n) is 1.39. The van der Waals surface area contributed by atoms with E-state index in [9.17, 15) is 0 Å². The molecule has 12 heavy (non-hydrogen) atoms. The highest BCUT2D eigenvalue weighted by molar-refractivity contribution is 5.17. The van der Waals surface area contributed by atoms with Crippen LogP contribution in [0.3, 0.4) is 0 Å². The van der Waals surface area contributed by atoms with Gasteiger partial charge >= 0.3 is 0 Å². The van der Waals surface area contributed by atoms with Crippen LogP contribution in [0.15, 0.2) is 24.3 Å². The summed E-state index contributed by atoms with van der Waals surface area (Å²) < 4.78 is 0. The Kier molecular flexibility index (Phi) is 3.86. The van der Waals surface area contributed by atoms with Crippen molar-refractivity contribution in [3.8, 4) is 0 Å². The Hall–Kier alpha value is -0.780. The fraction of sp³-hybridized carbons (Fsp3) is 0.500. The molecule has 1 rings (SSSR count). The van der Waals surface area contributed by atoms with Crippen molar-refractivity contribution in [2.24, 2.45) is 0 Å². The highest BCUT2D eigenvalue weighted by Crippen LogP contribution is 2.20. The quantitative estimate of drug-likeness (QED) is 0.630. The number of hydrogen-bond donors (Lipinski definition) is 0. The van der Waals surface area contributed by atoms with Crippen molar-refractivity contribution in [1.29, 1.82) is 0 Å². The molecule has 0 aromatic heterocycles. The van der Waals surface area contributed by atoms with Crippen molar-refractivity contribution < 1.29 is 0 Å². The predicted molar refractivity (Wildman–Crippen MR) is 53.2 cm³/mol. The Morgan fingerprint density at radius 2 is 2.33 bits per heavy atom. The average molecular weight is 161 g/mol. The van der Waals surface area contributed by atoms with E-state index in [-0.39, 0.29) is 0 Å². The first-order valence-corrected chi connectivity index (χ1v) is 4.80. The van der Waals surface area contributed by atoms with Gasteiger partial charge in [0.1, 0.15) is 0 Å². The summed E-state index contributed by atoms with van der Waals surface area (Å²) in [7, 11) is 0. The number of unbranched alkanes of at least 4 members (excludes halogenated alkanes) is 1. The molecule has 0 aliphatic rings. The number of hydrogen-bond acceptors (Lipinski definition) is 0. The summed E-state index contributed by atoms with van der Waals surface area (Å²) in [6.07, 6.45) is 3.92. The molecule has 0 saturated carbocycles. The molecule has 0 nitrogen and oxygen atoms in total. The summed E-state index contributed by atoms with van der Waals surface area (Å²) in [5, 5.41) is 0. The van der Waals surface area contributed by atoms with E-state index in [4.69, 9.17) is 0 Å². The molecule has 0 N–H and O–H groups in total. The Labute approximate surface area is 75.6 Å². The summed E-state index contributed by atoms with van der Waals surface area (Å²) in [4.78, 5) is 0. The molecule has 1 radical (unpaired) electrons. The third-order valence-corrected chi connectivity index (χ3v) is 2.29. The second-order valence-corrected chi connectivity index (χ2v) is 3.38. The molecule has 0 heteroatoms. The minimum atomic E-state index is 0.697. The average Bonchev–Trinajstić information content (AvgIpc) is 2.15. The van der Waals surface area contributed by atoms with Crippen LogP contribution in [0, 0.1) is 6.07 Å². The van der Waals surface area contributed by atoms with Gasteiger partial charge in [-0.15, -0.1) is 0 Å². The molecule has 65 valence electrons. The molecule has 0 saturated heterocycles. The van der Waals surface area contributed by atoms with Gasteiger partial charge in [-0.05, 0) is 24.0 Å². The smallest absolute Gasteiger partial charge is 0.0181 e. The molecule has 0 amide bonds. The molecule has 0 bridgehead atoms. The van der Waals surface area contributed by atoms with E-state index in [1.54, 1.807) is 0 Å². The van der Waals surface area contributed by atoms with Crippen LogP contribution in [0.4, 0.5) is 0 Å². The van der Waals surface area contributed by atoms with Gasteiger partial charge in [-0.3, -0.25) is 0 Å². The first kappa shape index (κ1) is 9.31. The number of rotatable bonds is 4. The van der Waals surface area contributed by atoms with Crippen molar-refractivity contribution in [3.63, 3.8) is 0 Å². The first-order chi connectivity index (χ1) is 5.84. The minimum absolute atomic E-state index is 0.697. The molecule has 0 aliphatic carbocycles. The van der Waals surface area contributed by atoms with Crippen LogP contribution < -0.4 is 0 Å². The van der Waals surface area contributed by atoms with Crippen molar-refractivity contribution in [3.05, 3.63) is 35.9 Å². The molecular weight excluding hydrogens is 144 g/mol. The van der Waals surface area contributed by atoms with Gasteiger partial charge in [0.05, 0.1) is 0 Å². The molecule has 0 heterocycles. The van der Waals surface area contributed by atoms with Gasteiger partial charge in [-0.2, -0.15) is 0 Å². The van der Waals surface area contributed by atoms with E-state index in [1.165, 1.54) is 24.8 Å². The highest BCUT2D eigenvalue weighted by Gasteiger charge is 2.02. The zero-order valence-corrected chi connectivity index (χ0v) is 8.01. The third-order valence-electron chi connectivity index (χ3n) is 2.29. The summed E-state index contributed by atoms with van der Waals surface area (Å²) >= 11 is 0. The van der Waals surface area contributed by atoms with Crippen molar-refractivity contribution in [2.75, 3.05) is 0 Å². The fourth-order valence-corrected chi connectivity index (χ4v) is 1.39. The van der Waals surface area contributed by atoms with Crippen LogP contribution >= 0.6 is 0 Å². The highest BCUT2D eigenvalue weighted by atomic mass is 14.1. The topological polar surface area (TPSA) is 0 Å². The summed E-state index contributed by atoms with van der Waals surface area (Å²) in [5.41, 5.74) is 1.42. The lowest BCUT2D eigenvalue weighted by Crippen LogP contribution is -1.92. The zero-order chi connectivity index (χ0) is 8.81. The van der Waals surface area contributed by atoms with Crippen molar-refractivity contribution >= 4 is 0 Å². The largest absolute Gasteiger partial charge is 0.0654 e. The van der Waals surface area contributed by atoms with E-state index in [0.717, 1.165) is 0 Å². The second kappa shape index (κ2) is 4.97. The van der Waals surface area contributed by atoms with Crippen LogP contribution in [0.1, 0.15) is 44.6 Å². The second-order valence-electron chi connectivity index (χ2n) is 3.38. The molecule has 0 aliphatic heterocycles. The van der Waals surface area contributed by atoms with Crippen LogP contribution in [-0.2, 0) is 0 Å². The summed E-state index contributed by atoms with van der Waals surface area (Å²) in [6, 6.07) is 11.4. The van der Waals surface area contributed by atoms with Crippen LogP contribution in [0.25, 0.3) is 0 Å². The van der Waals surface area contributed by atoms with Gasteiger partial charge < -0.3 is 0 Å². The molecule has 1 atom stereocenters. The lowest BCUT2D eigenvalue weighted by Gasteiger charge is -2.09. The molecule has 1 aromatic carbocycles. The third kappa shape index (κ3) is 2.69. The maximum Gasteiger partial charge on any atom is -0.0181 e. The van der Waals surface area contributed by atoms with Crippen LogP contribution in [0.2, 0.25) is 0 Å². The Morgan fingerprint density at radius 3 is 2.92 bits per heavy atom. The van der Waals surface area contributed by atoms with E-state index in [2.05, 4.69) is 38.1 Å². The standard InChI is InChI=1S/C12H17/c1-3-4-8-11(2)12-9-6-5-7-10-12/h5-6,9-11H,3-4,8H2,1-2H3. The number of benzene rings is 1. The summed E-state index contributed by atoms with van der Waals surface area (Å²) in [6.45, 7) is 4.53. The summed E-state index contributed by atoms with van der Waals surface area (Å²) in [5.74, 6) is 0.697. The van der Waals surface area contributed by atoms with E-state index in [0.29, 0.717) is 5.92 Å². The van der Waals surface area contributed by atoms with Crippen molar-refractivity contribution in [2.45, 2.75) is 39.0 Å². The lowest BCUT2D eigenvalue weighted by molar-refractivity contribution is 0.624. The SMILES string of the molecule is CCCCC(C)c1c[c]ccc1. The normalized spacial score (nSPS) is 12.8. The maximum atomic E-state index is 3.12. The minimum Gasteiger partial charge on any atom is -0.0654 e. The Bertz CT molecular complexity index is 201. The van der Waals surface area contributed by atoms with Gasteiger partial charge in [-0.25, -0.2) is 0 Å². The Balaban J connectivity index is 2.48. The molecule has 0 spiro atoms. The van der Waals surface area contributed by atoms with E-state index >= 15 is 0 Å². The van der Waals surface area contributed by atoms with Gasteiger partial charge in [0.25, 0.3) is 0 Å². The molecular formula is C12H17. The van der Waals surface area contributed by atoms with Gasteiger partial charge in [0, 0.05) is 0 Å². The van der Waals surface area contributed by atoms with Gasteiger partial charge in [-0.1, -0.05) is 51.0 Å². The van der Waals surface area contributed by atoms with Gasteiger partial charge in [0.2, 0.25) is 0 Å². The van der Waals surface area contributed by atoms with Gasteiger partial charge in [0.15, 0.2) is 0 Å². The molecule has 1 aromatic rings. The van der Waals surface area contributed by atoms with Crippen molar-refractivity contribution in [1.82, 2.24) is 0 Å². The Morgan fingerprint density at radius 1 is 1.50 bits per heavy atom. The maximum absolute atomic E-state index is 3.12. The lowest BCUT2D eigenvalue weighted by atomic mass is 9.96.